The van der Waals surface area contributed by atoms with E-state index in [1.807, 2.05) is 60.7 Å². The number of alkyl carbamates (subject to hydrolysis) is 1. The quantitative estimate of drug-likeness (QED) is 0.117. The van der Waals surface area contributed by atoms with E-state index in [1.165, 1.54) is 50.5 Å². The highest BCUT2D eigenvalue weighted by atomic mass is 16.7. The standard InChI is InChI=1S/C46H63NO7/c1-31(2)13-12-14-32(3)38-21-22-39-37-20-19-35-27-36(23-25-45(35,4)40(37)24-26-46(38,39)5)54-44(50)53-30-41(42(48)51-28-33-15-8-6-9-16-33)47-43(49)52-29-34-17-10-7-11-18-34/h6-11,15-19,31-32,36-41H,12-14,20-30H2,1-5H3,(H,47,49). The molecule has 9 unspecified atom stereocenters. The van der Waals surface area contributed by atoms with Crippen molar-refractivity contribution in [1.29, 1.82) is 0 Å². The van der Waals surface area contributed by atoms with Crippen LogP contribution in [0.25, 0.3) is 0 Å². The summed E-state index contributed by atoms with van der Waals surface area (Å²) < 4.78 is 22.1. The van der Waals surface area contributed by atoms with Crippen LogP contribution in [-0.4, -0.2) is 37.0 Å². The Morgan fingerprint density at radius 3 is 2.17 bits per heavy atom. The molecular weight excluding hydrogens is 679 g/mol. The van der Waals surface area contributed by atoms with Gasteiger partial charge in [0.25, 0.3) is 0 Å². The normalized spacial score (nSPS) is 29.7. The van der Waals surface area contributed by atoms with Crippen molar-refractivity contribution in [3.05, 3.63) is 83.4 Å². The Balaban J connectivity index is 1.02. The zero-order chi connectivity index (χ0) is 38.3. The van der Waals surface area contributed by atoms with Crippen LogP contribution in [0.3, 0.4) is 0 Å². The molecule has 3 saturated carbocycles. The number of allylic oxidation sites excluding steroid dienone is 1. The minimum absolute atomic E-state index is 0.0112. The lowest BCUT2D eigenvalue weighted by Crippen LogP contribution is -2.51. The second-order valence-electron chi connectivity index (χ2n) is 17.7. The van der Waals surface area contributed by atoms with Gasteiger partial charge in [0.05, 0.1) is 0 Å². The summed E-state index contributed by atoms with van der Waals surface area (Å²) in [6.07, 6.45) is 13.5. The van der Waals surface area contributed by atoms with E-state index < -0.39 is 30.9 Å². The molecule has 0 bridgehead atoms. The van der Waals surface area contributed by atoms with Gasteiger partial charge in [0.2, 0.25) is 0 Å². The summed E-state index contributed by atoms with van der Waals surface area (Å²) in [5.41, 5.74) is 3.60. The first kappa shape index (κ1) is 39.9. The summed E-state index contributed by atoms with van der Waals surface area (Å²) >= 11 is 0. The van der Waals surface area contributed by atoms with E-state index in [9.17, 15) is 14.4 Å². The molecule has 2 aromatic carbocycles. The van der Waals surface area contributed by atoms with Crippen LogP contribution >= 0.6 is 0 Å². The molecule has 6 rings (SSSR count). The minimum Gasteiger partial charge on any atom is -0.459 e. The lowest BCUT2D eigenvalue weighted by Gasteiger charge is -2.58. The Hall–Kier alpha value is -3.81. The van der Waals surface area contributed by atoms with E-state index in [0.717, 1.165) is 60.0 Å². The van der Waals surface area contributed by atoms with Gasteiger partial charge < -0.3 is 24.3 Å². The summed E-state index contributed by atoms with van der Waals surface area (Å²) in [7, 11) is 0. The predicted molar refractivity (Wildman–Crippen MR) is 209 cm³/mol. The molecule has 8 nitrogen and oxygen atoms in total. The number of amides is 1. The molecule has 1 N–H and O–H groups in total. The van der Waals surface area contributed by atoms with E-state index in [0.29, 0.717) is 17.8 Å². The first-order valence-corrected chi connectivity index (χ1v) is 20.7. The molecular formula is C46H63NO7. The van der Waals surface area contributed by atoms with Crippen LogP contribution in [0, 0.1) is 46.3 Å². The number of carbonyl (C=O) groups is 3. The molecule has 1 amide bonds. The molecule has 0 heterocycles. The van der Waals surface area contributed by atoms with E-state index in [4.69, 9.17) is 18.9 Å². The number of benzene rings is 2. The van der Waals surface area contributed by atoms with E-state index >= 15 is 0 Å². The molecule has 294 valence electrons. The van der Waals surface area contributed by atoms with Crippen molar-refractivity contribution in [3.63, 3.8) is 0 Å². The zero-order valence-corrected chi connectivity index (χ0v) is 33.2. The minimum atomic E-state index is -1.27. The summed E-state index contributed by atoms with van der Waals surface area (Å²) in [5.74, 6) is 3.89. The van der Waals surface area contributed by atoms with Crippen LogP contribution in [0.2, 0.25) is 0 Å². The van der Waals surface area contributed by atoms with Gasteiger partial charge in [0.15, 0.2) is 6.04 Å². The molecule has 4 aliphatic rings. The van der Waals surface area contributed by atoms with Crippen molar-refractivity contribution in [2.75, 3.05) is 6.61 Å². The third kappa shape index (κ3) is 9.34. The molecule has 2 aromatic rings. The molecule has 3 fully saturated rings. The number of carbonyl (C=O) groups excluding carboxylic acids is 3. The Morgan fingerprint density at radius 1 is 0.796 bits per heavy atom. The maximum atomic E-state index is 13.1. The number of fused-ring (bicyclic) bond motifs is 5. The monoisotopic (exact) mass is 741 g/mol. The second-order valence-corrected chi connectivity index (χ2v) is 17.7. The molecule has 54 heavy (non-hydrogen) atoms. The van der Waals surface area contributed by atoms with Gasteiger partial charge in [-0.15, -0.1) is 0 Å². The van der Waals surface area contributed by atoms with Crippen molar-refractivity contribution in [3.8, 4) is 0 Å². The third-order valence-corrected chi connectivity index (χ3v) is 13.9. The number of hydrogen-bond donors (Lipinski definition) is 1. The highest BCUT2D eigenvalue weighted by Gasteiger charge is 2.59. The maximum Gasteiger partial charge on any atom is 0.508 e. The Kier molecular flexibility index (Phi) is 13.1. The van der Waals surface area contributed by atoms with Gasteiger partial charge >= 0.3 is 18.2 Å². The SMILES string of the molecule is CC(C)CCCC(C)C1CCC2C3CC=C4CC(OC(=O)OCC(NC(=O)OCc5ccccc5)C(=O)OCc5ccccc5)CCC4(C)C3CCC12C. The third-order valence-electron chi connectivity index (χ3n) is 13.9. The lowest BCUT2D eigenvalue weighted by atomic mass is 9.47. The Bertz CT molecular complexity index is 1590. The number of ether oxygens (including phenoxy) is 4. The molecule has 8 heteroatoms. The number of hydrogen-bond acceptors (Lipinski definition) is 7. The molecule has 9 atom stereocenters. The fourth-order valence-electron chi connectivity index (χ4n) is 11.0. The van der Waals surface area contributed by atoms with Crippen molar-refractivity contribution in [2.45, 2.75) is 131 Å². The van der Waals surface area contributed by atoms with Crippen LogP contribution in [0.4, 0.5) is 9.59 Å². The summed E-state index contributed by atoms with van der Waals surface area (Å²) in [6.45, 7) is 11.9. The van der Waals surface area contributed by atoms with Gasteiger partial charge in [0, 0.05) is 6.42 Å². The average molecular weight is 742 g/mol. The van der Waals surface area contributed by atoms with Crippen LogP contribution in [-0.2, 0) is 37.0 Å². The molecule has 0 spiro atoms. The van der Waals surface area contributed by atoms with Crippen molar-refractivity contribution in [2.24, 2.45) is 46.3 Å². The van der Waals surface area contributed by atoms with Crippen LogP contribution in [0.5, 0.6) is 0 Å². The van der Waals surface area contributed by atoms with Crippen LogP contribution in [0.15, 0.2) is 72.3 Å². The Labute approximate surface area is 323 Å². The van der Waals surface area contributed by atoms with Gasteiger partial charge in [-0.25, -0.2) is 14.4 Å². The Morgan fingerprint density at radius 2 is 1.48 bits per heavy atom. The summed E-state index contributed by atoms with van der Waals surface area (Å²) in [5, 5.41) is 2.51. The molecule has 0 saturated heterocycles. The van der Waals surface area contributed by atoms with Gasteiger partial charge in [0.1, 0.15) is 25.9 Å². The molecule has 0 aromatic heterocycles. The van der Waals surface area contributed by atoms with Crippen LogP contribution in [0.1, 0.15) is 116 Å². The maximum absolute atomic E-state index is 13.1. The molecule has 0 radical (unpaired) electrons. The number of esters is 1. The average Bonchev–Trinajstić information content (AvgIpc) is 3.53. The molecule has 4 aliphatic carbocycles. The zero-order valence-electron chi connectivity index (χ0n) is 33.2. The lowest BCUT2D eigenvalue weighted by molar-refractivity contribution is -0.148. The fraction of sp³-hybridized carbons (Fsp3) is 0.630. The largest absolute Gasteiger partial charge is 0.508 e. The highest BCUT2D eigenvalue weighted by molar-refractivity contribution is 5.81. The predicted octanol–water partition coefficient (Wildman–Crippen LogP) is 10.6. The fourth-order valence-corrected chi connectivity index (χ4v) is 11.0. The van der Waals surface area contributed by atoms with E-state index in [1.54, 1.807) is 0 Å². The topological polar surface area (TPSA) is 100 Å². The van der Waals surface area contributed by atoms with Gasteiger partial charge in [-0.3, -0.25) is 0 Å². The smallest absolute Gasteiger partial charge is 0.459 e. The van der Waals surface area contributed by atoms with E-state index in [2.05, 4.69) is 46.0 Å². The summed E-state index contributed by atoms with van der Waals surface area (Å²) in [4.78, 5) is 38.9. The number of rotatable bonds is 14. The molecule has 0 aliphatic heterocycles. The second kappa shape index (κ2) is 17.8. The van der Waals surface area contributed by atoms with Crippen molar-refractivity contribution in [1.82, 2.24) is 5.32 Å². The van der Waals surface area contributed by atoms with E-state index in [-0.39, 0.29) is 24.7 Å². The number of nitrogens with one attached hydrogen (secondary N) is 1. The van der Waals surface area contributed by atoms with Crippen molar-refractivity contribution >= 4 is 18.2 Å². The van der Waals surface area contributed by atoms with Crippen LogP contribution < -0.4 is 5.32 Å². The first-order valence-electron chi connectivity index (χ1n) is 20.7. The summed E-state index contributed by atoms with van der Waals surface area (Å²) in [6, 6.07) is 17.2. The highest BCUT2D eigenvalue weighted by Crippen LogP contribution is 2.67. The van der Waals surface area contributed by atoms with Gasteiger partial charge in [-0.05, 0) is 102 Å². The first-order chi connectivity index (χ1) is 26.0. The van der Waals surface area contributed by atoms with Gasteiger partial charge in [-0.2, -0.15) is 0 Å². The van der Waals surface area contributed by atoms with Crippen molar-refractivity contribution < 1.29 is 33.3 Å². The van der Waals surface area contributed by atoms with Gasteiger partial charge in [-0.1, -0.05) is 126 Å².